The summed E-state index contributed by atoms with van der Waals surface area (Å²) in [6.07, 6.45) is 0.680. The maximum absolute atomic E-state index is 12.8. The van der Waals surface area contributed by atoms with Gasteiger partial charge in [-0.25, -0.2) is 0 Å². The van der Waals surface area contributed by atoms with E-state index >= 15 is 0 Å². The normalized spacial score (nSPS) is 10.7. The molecule has 0 radical (unpaired) electrons. The molecule has 0 atom stereocenters. The van der Waals surface area contributed by atoms with Crippen LogP contribution in [0.2, 0.25) is 0 Å². The van der Waals surface area contributed by atoms with Gasteiger partial charge in [-0.15, -0.1) is 10.2 Å². The van der Waals surface area contributed by atoms with Crippen LogP contribution in [0.25, 0.3) is 0 Å². The lowest BCUT2D eigenvalue weighted by molar-refractivity contribution is -0.113. The number of rotatable bonds is 10. The van der Waals surface area contributed by atoms with Crippen LogP contribution in [-0.4, -0.2) is 32.3 Å². The molecule has 2 amide bonds. The highest BCUT2D eigenvalue weighted by Crippen LogP contribution is 2.21. The van der Waals surface area contributed by atoms with E-state index in [2.05, 4.69) is 33.0 Å². The summed E-state index contributed by atoms with van der Waals surface area (Å²) in [6.45, 7) is 5.18. The average Bonchev–Trinajstić information content (AvgIpc) is 3.29. The lowest BCUT2D eigenvalue weighted by atomic mass is 10.1. The van der Waals surface area contributed by atoms with Crippen molar-refractivity contribution in [3.8, 4) is 0 Å². The summed E-state index contributed by atoms with van der Waals surface area (Å²) >= 11 is 1.33. The molecule has 2 N–H and O–H groups in total. The molecule has 4 rings (SSSR count). The van der Waals surface area contributed by atoms with E-state index in [4.69, 9.17) is 0 Å². The van der Waals surface area contributed by atoms with E-state index in [1.807, 2.05) is 60.9 Å². The van der Waals surface area contributed by atoms with Gasteiger partial charge in [-0.2, -0.15) is 0 Å². The number of thioether (sulfide) groups is 1. The average molecular weight is 500 g/mol. The molecule has 0 unspecified atom stereocenters. The number of aromatic nitrogens is 3. The lowest BCUT2D eigenvalue weighted by Crippen LogP contribution is -2.25. The molecular formula is C28H29N5O2S. The van der Waals surface area contributed by atoms with Gasteiger partial charge in [-0.3, -0.25) is 9.59 Å². The molecule has 0 aliphatic heterocycles. The highest BCUT2D eigenvalue weighted by molar-refractivity contribution is 7.99. The van der Waals surface area contributed by atoms with E-state index in [9.17, 15) is 9.59 Å². The second-order valence-electron chi connectivity index (χ2n) is 8.36. The summed E-state index contributed by atoms with van der Waals surface area (Å²) in [7, 11) is 0. The van der Waals surface area contributed by atoms with Crippen molar-refractivity contribution in [1.29, 1.82) is 0 Å². The molecule has 0 saturated heterocycles. The van der Waals surface area contributed by atoms with Gasteiger partial charge in [-0.05, 0) is 37.1 Å². The number of carbonyl (C=O) groups is 2. The minimum Gasteiger partial charge on any atom is -0.348 e. The lowest BCUT2D eigenvalue weighted by Gasteiger charge is -2.12. The van der Waals surface area contributed by atoms with Crippen molar-refractivity contribution in [2.75, 3.05) is 11.1 Å². The van der Waals surface area contributed by atoms with Crippen molar-refractivity contribution < 1.29 is 9.59 Å². The maximum Gasteiger partial charge on any atom is 0.253 e. The van der Waals surface area contributed by atoms with Gasteiger partial charge in [0.1, 0.15) is 5.82 Å². The van der Waals surface area contributed by atoms with E-state index in [1.165, 1.54) is 17.3 Å². The van der Waals surface area contributed by atoms with Crippen LogP contribution in [0.15, 0.2) is 84.0 Å². The van der Waals surface area contributed by atoms with Gasteiger partial charge >= 0.3 is 0 Å². The number of nitrogens with one attached hydrogen (secondary N) is 2. The summed E-state index contributed by atoms with van der Waals surface area (Å²) in [4.78, 5) is 25.6. The van der Waals surface area contributed by atoms with Crippen LogP contribution in [0.4, 0.5) is 5.69 Å². The molecule has 0 fully saturated rings. The predicted octanol–water partition coefficient (Wildman–Crippen LogP) is 4.86. The van der Waals surface area contributed by atoms with E-state index in [0.717, 1.165) is 17.0 Å². The molecule has 0 saturated carbocycles. The van der Waals surface area contributed by atoms with E-state index < -0.39 is 0 Å². The Labute approximate surface area is 215 Å². The standard InChI is InChI=1S/C28H29N5O2S/c1-3-33-25(17-21-9-5-4-6-10-21)31-32-28(33)36-19-26(34)30-24-12-8-7-11-23(24)27(35)29-18-22-15-13-20(2)14-16-22/h4-16H,3,17-19H2,1-2H3,(H,29,35)(H,30,34). The van der Waals surface area contributed by atoms with Crippen LogP contribution < -0.4 is 10.6 Å². The fourth-order valence-electron chi connectivity index (χ4n) is 3.74. The first-order valence-corrected chi connectivity index (χ1v) is 12.8. The molecule has 4 aromatic rings. The molecule has 7 nitrogen and oxygen atoms in total. The second-order valence-corrected chi connectivity index (χ2v) is 9.30. The van der Waals surface area contributed by atoms with Crippen LogP contribution in [0.5, 0.6) is 0 Å². The number of hydrogen-bond acceptors (Lipinski definition) is 5. The zero-order valence-corrected chi connectivity index (χ0v) is 21.2. The van der Waals surface area contributed by atoms with Crippen molar-refractivity contribution in [3.63, 3.8) is 0 Å². The minimum atomic E-state index is -0.240. The first-order chi connectivity index (χ1) is 17.5. The largest absolute Gasteiger partial charge is 0.348 e. The molecular weight excluding hydrogens is 470 g/mol. The van der Waals surface area contributed by atoms with Crippen LogP contribution in [0.3, 0.4) is 0 Å². The first-order valence-electron chi connectivity index (χ1n) is 11.8. The van der Waals surface area contributed by atoms with Gasteiger partial charge < -0.3 is 15.2 Å². The van der Waals surface area contributed by atoms with Crippen LogP contribution >= 0.6 is 11.8 Å². The van der Waals surface area contributed by atoms with Crippen LogP contribution in [-0.2, 0) is 24.3 Å². The molecule has 1 aromatic heterocycles. The monoisotopic (exact) mass is 499 g/mol. The molecule has 0 aliphatic rings. The van der Waals surface area contributed by atoms with Gasteiger partial charge in [-0.1, -0.05) is 84.1 Å². The number of hydrogen-bond donors (Lipinski definition) is 2. The number of aryl methyl sites for hydroxylation is 1. The van der Waals surface area contributed by atoms with E-state index in [0.29, 0.717) is 35.9 Å². The van der Waals surface area contributed by atoms with Crippen molar-refractivity contribution in [3.05, 3.63) is 107 Å². The fourth-order valence-corrected chi connectivity index (χ4v) is 4.56. The van der Waals surface area contributed by atoms with Crippen molar-refractivity contribution >= 4 is 29.3 Å². The summed E-state index contributed by atoms with van der Waals surface area (Å²) in [5.41, 5.74) is 4.24. The third-order valence-electron chi connectivity index (χ3n) is 5.67. The number of carbonyl (C=O) groups excluding carboxylic acids is 2. The predicted molar refractivity (Wildman–Crippen MR) is 143 cm³/mol. The SMILES string of the molecule is CCn1c(Cc2ccccc2)nnc1SCC(=O)Nc1ccccc1C(=O)NCc1ccc(C)cc1. The fraction of sp³-hybridized carbons (Fsp3) is 0.214. The Morgan fingerprint density at radius 3 is 2.36 bits per heavy atom. The summed E-state index contributed by atoms with van der Waals surface area (Å²) in [6, 6.07) is 25.1. The Kier molecular flexibility index (Phi) is 8.52. The zero-order valence-electron chi connectivity index (χ0n) is 20.4. The topological polar surface area (TPSA) is 88.9 Å². The highest BCUT2D eigenvalue weighted by atomic mass is 32.2. The van der Waals surface area contributed by atoms with Gasteiger partial charge in [0.15, 0.2) is 5.16 Å². The summed E-state index contributed by atoms with van der Waals surface area (Å²) in [5.74, 6) is 0.564. The van der Waals surface area contributed by atoms with Gasteiger partial charge in [0, 0.05) is 19.5 Å². The van der Waals surface area contributed by atoms with Crippen molar-refractivity contribution in [1.82, 2.24) is 20.1 Å². The Hall–Kier alpha value is -3.91. The zero-order chi connectivity index (χ0) is 25.3. The number of para-hydroxylation sites is 1. The Balaban J connectivity index is 1.35. The molecule has 0 spiro atoms. The highest BCUT2D eigenvalue weighted by Gasteiger charge is 2.16. The van der Waals surface area contributed by atoms with Gasteiger partial charge in [0.05, 0.1) is 17.0 Å². The van der Waals surface area contributed by atoms with Crippen molar-refractivity contribution in [2.24, 2.45) is 0 Å². The minimum absolute atomic E-state index is 0.156. The van der Waals surface area contributed by atoms with Crippen LogP contribution in [0, 0.1) is 6.92 Å². The van der Waals surface area contributed by atoms with Crippen molar-refractivity contribution in [2.45, 2.75) is 38.5 Å². The molecule has 1 heterocycles. The third-order valence-corrected chi connectivity index (χ3v) is 6.63. The van der Waals surface area contributed by atoms with Gasteiger partial charge in [0.2, 0.25) is 5.91 Å². The number of amides is 2. The molecule has 0 bridgehead atoms. The number of benzene rings is 3. The Morgan fingerprint density at radius 1 is 0.889 bits per heavy atom. The summed E-state index contributed by atoms with van der Waals surface area (Å²) < 4.78 is 2.03. The quantitative estimate of drug-likeness (QED) is 0.304. The maximum atomic E-state index is 12.8. The number of nitrogens with zero attached hydrogens (tertiary/aromatic N) is 3. The molecule has 8 heteroatoms. The van der Waals surface area contributed by atoms with Gasteiger partial charge in [0.25, 0.3) is 5.91 Å². The first kappa shape index (κ1) is 25.2. The number of anilines is 1. The molecule has 36 heavy (non-hydrogen) atoms. The van der Waals surface area contributed by atoms with Crippen LogP contribution in [0.1, 0.15) is 39.8 Å². The molecule has 184 valence electrons. The molecule has 3 aromatic carbocycles. The van der Waals surface area contributed by atoms with E-state index in [-0.39, 0.29) is 17.6 Å². The molecule has 0 aliphatic carbocycles. The Bertz CT molecular complexity index is 1320. The smallest absolute Gasteiger partial charge is 0.253 e. The summed E-state index contributed by atoms with van der Waals surface area (Å²) in [5, 5.41) is 15.1. The Morgan fingerprint density at radius 2 is 1.61 bits per heavy atom. The second kappa shape index (κ2) is 12.2. The van der Waals surface area contributed by atoms with E-state index in [1.54, 1.807) is 24.3 Å². The third kappa shape index (κ3) is 6.60.